The molecule has 0 radical (unpaired) electrons. The van der Waals surface area contributed by atoms with Gasteiger partial charge in [0.25, 0.3) is 5.91 Å². The fourth-order valence-corrected chi connectivity index (χ4v) is 4.76. The van der Waals surface area contributed by atoms with Crippen molar-refractivity contribution in [2.75, 3.05) is 26.2 Å². The summed E-state index contributed by atoms with van der Waals surface area (Å²) in [6, 6.07) is 10.9. The second-order valence-corrected chi connectivity index (χ2v) is 8.93. The molecule has 8 heteroatoms. The average Bonchev–Trinajstić information content (AvgIpc) is 2.73. The SMILES string of the molecule is Cc1ccc(OCCNC(=O)c2ccc(F)c(S(=O)(=O)N3CCCCC3)c2)cc1. The Morgan fingerprint density at radius 3 is 2.48 bits per heavy atom. The molecule has 1 saturated heterocycles. The van der Waals surface area contributed by atoms with Crippen LogP contribution in [-0.4, -0.2) is 44.9 Å². The van der Waals surface area contributed by atoms with Gasteiger partial charge >= 0.3 is 0 Å². The van der Waals surface area contributed by atoms with E-state index in [1.807, 2.05) is 31.2 Å². The molecule has 1 aliphatic rings. The molecule has 0 aromatic heterocycles. The van der Waals surface area contributed by atoms with E-state index in [9.17, 15) is 17.6 Å². The number of halogens is 1. The van der Waals surface area contributed by atoms with Crippen LogP contribution in [0, 0.1) is 12.7 Å². The number of nitrogens with zero attached hydrogens (tertiary/aromatic N) is 1. The molecule has 2 aromatic carbocycles. The van der Waals surface area contributed by atoms with Crippen LogP contribution in [0.1, 0.15) is 35.2 Å². The molecule has 0 spiro atoms. The molecule has 6 nitrogen and oxygen atoms in total. The van der Waals surface area contributed by atoms with Crippen molar-refractivity contribution in [1.29, 1.82) is 0 Å². The maximum Gasteiger partial charge on any atom is 0.251 e. The lowest BCUT2D eigenvalue weighted by atomic mass is 10.2. The van der Waals surface area contributed by atoms with Crippen molar-refractivity contribution in [2.45, 2.75) is 31.1 Å². The Morgan fingerprint density at radius 2 is 1.79 bits per heavy atom. The summed E-state index contributed by atoms with van der Waals surface area (Å²) in [6.45, 7) is 3.21. The molecule has 0 atom stereocenters. The van der Waals surface area contributed by atoms with Crippen molar-refractivity contribution in [1.82, 2.24) is 9.62 Å². The molecule has 0 unspecified atom stereocenters. The predicted octanol–water partition coefficient (Wildman–Crippen LogP) is 3.12. The summed E-state index contributed by atoms with van der Waals surface area (Å²) in [4.78, 5) is 11.9. The Labute approximate surface area is 170 Å². The van der Waals surface area contributed by atoms with Crippen LogP contribution in [0.25, 0.3) is 0 Å². The summed E-state index contributed by atoms with van der Waals surface area (Å²) >= 11 is 0. The number of ether oxygens (including phenoxy) is 1. The maximum atomic E-state index is 14.2. The lowest BCUT2D eigenvalue weighted by Gasteiger charge is -2.26. The zero-order chi connectivity index (χ0) is 20.9. The molecule has 1 N–H and O–H groups in total. The molecule has 0 saturated carbocycles. The summed E-state index contributed by atoms with van der Waals surface area (Å²) < 4.78 is 46.6. The minimum Gasteiger partial charge on any atom is -0.492 e. The van der Waals surface area contributed by atoms with Gasteiger partial charge < -0.3 is 10.1 Å². The van der Waals surface area contributed by atoms with Crippen molar-refractivity contribution < 1.29 is 22.3 Å². The standard InChI is InChI=1S/C21H25FN2O4S/c1-16-5-8-18(9-6-16)28-14-11-23-21(25)17-7-10-19(22)20(15-17)29(26,27)24-12-3-2-4-13-24/h5-10,15H,2-4,11-14H2,1H3,(H,23,25). The first-order chi connectivity index (χ1) is 13.9. The number of piperidine rings is 1. The number of amides is 1. The van der Waals surface area contributed by atoms with Crippen molar-refractivity contribution in [2.24, 2.45) is 0 Å². The minimum absolute atomic E-state index is 0.0947. The van der Waals surface area contributed by atoms with Crippen LogP contribution in [-0.2, 0) is 10.0 Å². The minimum atomic E-state index is -3.96. The second kappa shape index (κ2) is 9.37. The van der Waals surface area contributed by atoms with Gasteiger partial charge in [0.15, 0.2) is 0 Å². The Kier molecular flexibility index (Phi) is 6.87. The van der Waals surface area contributed by atoms with E-state index in [1.54, 1.807) is 0 Å². The molecule has 0 bridgehead atoms. The van der Waals surface area contributed by atoms with Gasteiger partial charge in [-0.15, -0.1) is 0 Å². The summed E-state index contributed by atoms with van der Waals surface area (Å²) in [6.07, 6.45) is 2.46. The smallest absolute Gasteiger partial charge is 0.251 e. The highest BCUT2D eigenvalue weighted by Gasteiger charge is 2.29. The van der Waals surface area contributed by atoms with E-state index in [1.165, 1.54) is 10.4 Å². The van der Waals surface area contributed by atoms with Crippen molar-refractivity contribution in [3.05, 3.63) is 59.4 Å². The van der Waals surface area contributed by atoms with Crippen LogP contribution in [0.3, 0.4) is 0 Å². The zero-order valence-electron chi connectivity index (χ0n) is 16.4. The van der Waals surface area contributed by atoms with Gasteiger partial charge in [-0.3, -0.25) is 4.79 Å². The van der Waals surface area contributed by atoms with Crippen LogP contribution >= 0.6 is 0 Å². The monoisotopic (exact) mass is 420 g/mol. The average molecular weight is 421 g/mol. The van der Waals surface area contributed by atoms with Gasteiger partial charge in [0, 0.05) is 18.7 Å². The Balaban J connectivity index is 1.62. The number of nitrogens with one attached hydrogen (secondary N) is 1. The second-order valence-electron chi connectivity index (χ2n) is 7.03. The van der Waals surface area contributed by atoms with E-state index in [2.05, 4.69) is 5.32 Å². The van der Waals surface area contributed by atoms with Crippen LogP contribution in [0.5, 0.6) is 5.75 Å². The lowest BCUT2D eigenvalue weighted by Crippen LogP contribution is -2.36. The Morgan fingerprint density at radius 1 is 1.10 bits per heavy atom. The highest BCUT2D eigenvalue weighted by molar-refractivity contribution is 7.89. The first-order valence-corrected chi connectivity index (χ1v) is 11.1. The van der Waals surface area contributed by atoms with E-state index >= 15 is 0 Å². The number of carbonyl (C=O) groups is 1. The van der Waals surface area contributed by atoms with Gasteiger partial charge in [-0.05, 0) is 50.1 Å². The van der Waals surface area contributed by atoms with E-state index in [4.69, 9.17) is 4.74 Å². The topological polar surface area (TPSA) is 75.7 Å². The largest absolute Gasteiger partial charge is 0.492 e. The third-order valence-corrected chi connectivity index (χ3v) is 6.72. The lowest BCUT2D eigenvalue weighted by molar-refractivity contribution is 0.0946. The molecular weight excluding hydrogens is 395 g/mol. The summed E-state index contributed by atoms with van der Waals surface area (Å²) in [7, 11) is -3.96. The van der Waals surface area contributed by atoms with Crippen molar-refractivity contribution in [3.8, 4) is 5.75 Å². The molecule has 3 rings (SSSR count). The molecule has 1 fully saturated rings. The fraction of sp³-hybridized carbons (Fsp3) is 0.381. The predicted molar refractivity (Wildman–Crippen MR) is 108 cm³/mol. The number of rotatable bonds is 7. The first kappa shape index (κ1) is 21.3. The Hall–Kier alpha value is -2.45. The fourth-order valence-electron chi connectivity index (χ4n) is 3.16. The van der Waals surface area contributed by atoms with Crippen LogP contribution in [0.2, 0.25) is 0 Å². The molecule has 2 aromatic rings. The maximum absolute atomic E-state index is 14.2. The van der Waals surface area contributed by atoms with E-state index in [-0.39, 0.29) is 18.7 Å². The summed E-state index contributed by atoms with van der Waals surface area (Å²) in [5.41, 5.74) is 1.22. The van der Waals surface area contributed by atoms with Gasteiger partial charge in [-0.2, -0.15) is 4.31 Å². The zero-order valence-corrected chi connectivity index (χ0v) is 17.2. The van der Waals surface area contributed by atoms with Gasteiger partial charge in [0.05, 0.1) is 6.54 Å². The number of hydrogen-bond donors (Lipinski definition) is 1. The van der Waals surface area contributed by atoms with Crippen molar-refractivity contribution >= 4 is 15.9 Å². The number of aryl methyl sites for hydroxylation is 1. The normalized spacial score (nSPS) is 15.1. The molecular formula is C21H25FN2O4S. The van der Waals surface area contributed by atoms with Gasteiger partial charge in [-0.25, -0.2) is 12.8 Å². The highest BCUT2D eigenvalue weighted by Crippen LogP contribution is 2.24. The van der Waals surface area contributed by atoms with Crippen LogP contribution in [0.4, 0.5) is 4.39 Å². The number of benzene rings is 2. The molecule has 0 aliphatic carbocycles. The van der Waals surface area contributed by atoms with Crippen LogP contribution < -0.4 is 10.1 Å². The van der Waals surface area contributed by atoms with Gasteiger partial charge in [-0.1, -0.05) is 24.1 Å². The van der Waals surface area contributed by atoms with Gasteiger partial charge in [0.2, 0.25) is 10.0 Å². The molecule has 156 valence electrons. The van der Waals surface area contributed by atoms with Gasteiger partial charge in [0.1, 0.15) is 23.1 Å². The molecule has 1 aliphatic heterocycles. The van der Waals surface area contributed by atoms with E-state index < -0.39 is 26.6 Å². The van der Waals surface area contributed by atoms with Crippen molar-refractivity contribution in [3.63, 3.8) is 0 Å². The number of carbonyl (C=O) groups excluding carboxylic acids is 1. The summed E-state index contributed by atoms with van der Waals surface area (Å²) in [5, 5.41) is 2.66. The van der Waals surface area contributed by atoms with E-state index in [0.717, 1.165) is 37.0 Å². The first-order valence-electron chi connectivity index (χ1n) is 9.65. The third-order valence-electron chi connectivity index (χ3n) is 4.80. The third kappa shape index (κ3) is 5.33. The molecule has 1 amide bonds. The number of hydrogen-bond acceptors (Lipinski definition) is 4. The molecule has 1 heterocycles. The molecule has 29 heavy (non-hydrogen) atoms. The highest BCUT2D eigenvalue weighted by atomic mass is 32.2. The quantitative estimate of drug-likeness (QED) is 0.699. The summed E-state index contributed by atoms with van der Waals surface area (Å²) in [5.74, 6) is -0.635. The number of sulfonamides is 1. The van der Waals surface area contributed by atoms with Crippen LogP contribution in [0.15, 0.2) is 47.4 Å². The Bertz CT molecular complexity index is 955. The van der Waals surface area contributed by atoms with E-state index in [0.29, 0.717) is 18.8 Å².